The van der Waals surface area contributed by atoms with Crippen molar-refractivity contribution in [1.82, 2.24) is 20.9 Å². The first-order valence-corrected chi connectivity index (χ1v) is 24.2. The first kappa shape index (κ1) is 51.9. The summed E-state index contributed by atoms with van der Waals surface area (Å²) in [4.78, 5) is 67.8. The van der Waals surface area contributed by atoms with Crippen LogP contribution in [-0.4, -0.2) is 106 Å². The largest absolute Gasteiger partial charge is 0.494 e. The highest BCUT2D eigenvalue weighted by atomic mass is 32.2. The molecule has 360 valence electrons. The molecule has 2 fully saturated rings. The highest BCUT2D eigenvalue weighted by Gasteiger charge is 2.42. The second kappa shape index (κ2) is 24.1. The van der Waals surface area contributed by atoms with Crippen LogP contribution >= 0.6 is 11.8 Å². The van der Waals surface area contributed by atoms with Gasteiger partial charge in [-0.15, -0.1) is 11.8 Å². The fraction of sp³-hybridized carbons (Fsp3) is 0.549. The molecule has 0 spiro atoms. The minimum absolute atomic E-state index is 0.0287. The molecule has 6 atom stereocenters. The van der Waals surface area contributed by atoms with E-state index in [-0.39, 0.29) is 37.1 Å². The van der Waals surface area contributed by atoms with Crippen LogP contribution in [0.25, 0.3) is 0 Å². The Kier molecular flexibility index (Phi) is 18.9. The molecule has 3 amide bonds. The molecule has 15 heteroatoms. The average Bonchev–Trinajstić information content (AvgIpc) is 3.24. The van der Waals surface area contributed by atoms with Gasteiger partial charge in [-0.2, -0.15) is 0 Å². The fourth-order valence-corrected chi connectivity index (χ4v) is 9.53. The lowest BCUT2D eigenvalue weighted by Crippen LogP contribution is -2.60. The summed E-state index contributed by atoms with van der Waals surface area (Å²) in [6, 6.07) is 19.5. The van der Waals surface area contributed by atoms with E-state index in [0.717, 1.165) is 30.7 Å². The average molecular weight is 931 g/mol. The van der Waals surface area contributed by atoms with Crippen molar-refractivity contribution < 1.29 is 48.4 Å². The number of amides is 3. The summed E-state index contributed by atoms with van der Waals surface area (Å²) >= 11 is 1.54. The van der Waals surface area contributed by atoms with E-state index in [9.17, 15) is 34.2 Å². The standard InChI is InChI=1S/C51H70N4O10S/c1-33-39(20-15-21-44(33)64-45(57)22-13-14-27-63-37-25-23-34(24-26-37)28-40(48(60)61)53-49(62)65-51(5,6)7)46(58)52-41(32-66-38-18-9-8-10-19-38)43(56)31-55-30-36-17-12-11-16-35(36)29-42(55)47(59)54-50(2,3)4/h8-10,15,18-21,23-26,35-36,40-43,56H,11-14,16-17,22,27-32H2,1-7H3,(H,52,58)(H,53,62)(H,54,59)(H,60,61)/t35-,36+,40-,41-,42-,43+/m0/s1. The molecule has 1 saturated carbocycles. The monoisotopic (exact) mass is 930 g/mol. The maximum atomic E-state index is 14.1. The van der Waals surface area contributed by atoms with Crippen LogP contribution in [0, 0.1) is 18.8 Å². The topological polar surface area (TPSA) is 193 Å². The summed E-state index contributed by atoms with van der Waals surface area (Å²) in [6.45, 7) is 14.0. The molecule has 0 bridgehead atoms. The van der Waals surface area contributed by atoms with E-state index in [0.29, 0.717) is 59.5 Å². The predicted octanol–water partition coefficient (Wildman–Crippen LogP) is 7.72. The van der Waals surface area contributed by atoms with Crippen molar-refractivity contribution in [3.05, 3.63) is 89.5 Å². The second-order valence-corrected chi connectivity index (χ2v) is 20.7. The van der Waals surface area contributed by atoms with Gasteiger partial charge in [0.25, 0.3) is 5.91 Å². The van der Waals surface area contributed by atoms with Crippen LogP contribution in [0.2, 0.25) is 0 Å². The van der Waals surface area contributed by atoms with E-state index in [4.69, 9.17) is 14.2 Å². The molecular weight excluding hydrogens is 861 g/mol. The van der Waals surface area contributed by atoms with Crippen molar-refractivity contribution in [3.8, 4) is 11.5 Å². The highest BCUT2D eigenvalue weighted by molar-refractivity contribution is 7.99. The number of nitrogens with zero attached hydrogens (tertiary/aromatic N) is 1. The number of carboxylic acid groups (broad SMARTS) is 1. The third kappa shape index (κ3) is 16.6. The molecule has 2 aliphatic rings. The summed E-state index contributed by atoms with van der Waals surface area (Å²) in [5, 5.41) is 30.3. The van der Waals surface area contributed by atoms with E-state index in [1.54, 1.807) is 70.2 Å². The lowest BCUT2D eigenvalue weighted by atomic mass is 9.72. The molecule has 0 radical (unpaired) electrons. The Morgan fingerprint density at radius 3 is 2.23 bits per heavy atom. The van der Waals surface area contributed by atoms with E-state index in [1.165, 1.54) is 24.6 Å². The fourth-order valence-electron chi connectivity index (χ4n) is 8.51. The van der Waals surface area contributed by atoms with Crippen LogP contribution in [0.1, 0.15) is 114 Å². The number of ether oxygens (including phenoxy) is 3. The summed E-state index contributed by atoms with van der Waals surface area (Å²) in [7, 11) is 0. The van der Waals surface area contributed by atoms with Gasteiger partial charge in [-0.05, 0) is 128 Å². The number of alkyl carbamates (subject to hydrolysis) is 1. The Hall–Kier alpha value is -5.12. The van der Waals surface area contributed by atoms with Crippen LogP contribution in [0.4, 0.5) is 4.79 Å². The van der Waals surface area contributed by atoms with Crippen LogP contribution in [-0.2, 0) is 25.5 Å². The number of aliphatic carboxylic acids is 1. The molecule has 0 aromatic heterocycles. The number of esters is 1. The first-order chi connectivity index (χ1) is 31.2. The predicted molar refractivity (Wildman–Crippen MR) is 255 cm³/mol. The van der Waals surface area contributed by atoms with Crippen molar-refractivity contribution in [1.29, 1.82) is 0 Å². The number of aliphatic hydroxyl groups is 1. The molecule has 3 aromatic rings. The Morgan fingerprint density at radius 2 is 1.56 bits per heavy atom. The minimum atomic E-state index is -1.18. The van der Waals surface area contributed by atoms with Gasteiger partial charge in [-0.25, -0.2) is 9.59 Å². The van der Waals surface area contributed by atoms with Gasteiger partial charge in [0.1, 0.15) is 23.1 Å². The van der Waals surface area contributed by atoms with Gasteiger partial charge in [0.15, 0.2) is 0 Å². The number of benzene rings is 3. The number of carbonyl (C=O) groups is 5. The summed E-state index contributed by atoms with van der Waals surface area (Å²) in [5.41, 5.74) is 0.348. The minimum Gasteiger partial charge on any atom is -0.494 e. The zero-order valence-corrected chi connectivity index (χ0v) is 40.4. The second-order valence-electron chi connectivity index (χ2n) is 19.6. The van der Waals surface area contributed by atoms with Crippen LogP contribution < -0.4 is 25.4 Å². The Labute approximate surface area is 394 Å². The molecule has 5 rings (SSSR count). The van der Waals surface area contributed by atoms with E-state index < -0.39 is 53.3 Å². The van der Waals surface area contributed by atoms with Crippen LogP contribution in [0.5, 0.6) is 11.5 Å². The summed E-state index contributed by atoms with van der Waals surface area (Å²) in [5.74, 6) is 0.121. The number of nitrogens with one attached hydrogen (secondary N) is 3. The number of piperidine rings is 1. The van der Waals surface area contributed by atoms with Crippen molar-refractivity contribution in [2.24, 2.45) is 11.8 Å². The number of hydrogen-bond donors (Lipinski definition) is 5. The van der Waals surface area contributed by atoms with Crippen molar-refractivity contribution >= 4 is 41.6 Å². The van der Waals surface area contributed by atoms with Gasteiger partial charge in [0, 0.05) is 53.2 Å². The highest BCUT2D eigenvalue weighted by Crippen LogP contribution is 2.39. The van der Waals surface area contributed by atoms with E-state index in [1.807, 2.05) is 51.1 Å². The maximum Gasteiger partial charge on any atom is 0.408 e. The number of aliphatic hydroxyl groups excluding tert-OH is 1. The molecule has 1 aliphatic carbocycles. The van der Waals surface area contributed by atoms with Gasteiger partial charge < -0.3 is 40.4 Å². The molecule has 1 saturated heterocycles. The van der Waals surface area contributed by atoms with Crippen LogP contribution in [0.3, 0.4) is 0 Å². The molecule has 66 heavy (non-hydrogen) atoms. The molecule has 1 heterocycles. The Morgan fingerprint density at radius 1 is 0.864 bits per heavy atom. The number of likely N-dealkylation sites (tertiary alicyclic amines) is 1. The molecule has 5 N–H and O–H groups in total. The van der Waals surface area contributed by atoms with Gasteiger partial charge in [-0.3, -0.25) is 19.3 Å². The third-order valence-electron chi connectivity index (χ3n) is 11.8. The van der Waals surface area contributed by atoms with Gasteiger partial charge in [-0.1, -0.05) is 55.7 Å². The third-order valence-corrected chi connectivity index (χ3v) is 13.0. The molecular formula is C51H70N4O10S. The lowest BCUT2D eigenvalue weighted by Gasteiger charge is -2.47. The quantitative estimate of drug-likeness (QED) is 0.0321. The number of hydrogen-bond acceptors (Lipinski definition) is 11. The van der Waals surface area contributed by atoms with E-state index in [2.05, 4.69) is 20.9 Å². The van der Waals surface area contributed by atoms with Crippen molar-refractivity contribution in [2.75, 3.05) is 25.4 Å². The number of fused-ring (bicyclic) bond motifs is 1. The number of β-amino-alcohol motifs (C(OH)–C–C–N with tert-alkyl or cyclic N) is 1. The van der Waals surface area contributed by atoms with Crippen molar-refractivity contribution in [2.45, 2.75) is 147 Å². The number of carbonyl (C=O) groups excluding carboxylic acids is 4. The van der Waals surface area contributed by atoms with E-state index >= 15 is 0 Å². The Bertz CT molecular complexity index is 2090. The smallest absolute Gasteiger partial charge is 0.408 e. The zero-order valence-electron chi connectivity index (χ0n) is 39.6. The molecule has 3 aromatic carbocycles. The van der Waals surface area contributed by atoms with Gasteiger partial charge in [0.05, 0.1) is 24.8 Å². The number of unbranched alkanes of at least 4 members (excludes halogenated alkanes) is 1. The molecule has 1 aliphatic heterocycles. The maximum absolute atomic E-state index is 14.1. The number of thioether (sulfide) groups is 1. The molecule has 14 nitrogen and oxygen atoms in total. The number of carboxylic acids is 1. The summed E-state index contributed by atoms with van der Waals surface area (Å²) < 4.78 is 16.8. The van der Waals surface area contributed by atoms with Crippen LogP contribution in [0.15, 0.2) is 77.7 Å². The first-order valence-electron chi connectivity index (χ1n) is 23.2. The SMILES string of the molecule is Cc1c(OC(=O)CCCCOc2ccc(C[C@H](NC(=O)OC(C)(C)C)C(=O)O)cc2)cccc1C(=O)N[C@@H](CSc1ccccc1)[C@H](O)CN1C[C@H]2CCCC[C@H]2C[C@H]1C(=O)NC(C)(C)C. The number of rotatable bonds is 20. The lowest BCUT2D eigenvalue weighted by molar-refractivity contribution is -0.139. The van der Waals surface area contributed by atoms with Gasteiger partial charge in [0.2, 0.25) is 5.91 Å². The molecule has 0 unspecified atom stereocenters. The normalized spacial score (nSPS) is 19.0. The van der Waals surface area contributed by atoms with Crippen molar-refractivity contribution in [3.63, 3.8) is 0 Å². The zero-order chi connectivity index (χ0) is 48.0. The summed E-state index contributed by atoms with van der Waals surface area (Å²) in [6.07, 6.45) is 4.77. The van der Waals surface area contributed by atoms with Gasteiger partial charge >= 0.3 is 18.0 Å². The Balaban J connectivity index is 1.15.